The van der Waals surface area contributed by atoms with Crippen molar-refractivity contribution in [3.05, 3.63) is 75.6 Å². The third-order valence-electron chi connectivity index (χ3n) is 3.29. The second-order valence-corrected chi connectivity index (χ2v) is 5.19. The monoisotopic (exact) mass is 304 g/mol. The Labute approximate surface area is 127 Å². The Morgan fingerprint density at radius 2 is 2.00 bits per heavy atom. The van der Waals surface area contributed by atoms with Crippen LogP contribution < -0.4 is 0 Å². The summed E-state index contributed by atoms with van der Waals surface area (Å²) in [7, 11) is 1.80. The van der Waals surface area contributed by atoms with Crippen LogP contribution in [-0.4, -0.2) is 28.5 Å². The van der Waals surface area contributed by atoms with Crippen molar-refractivity contribution in [3.8, 4) is 0 Å². The van der Waals surface area contributed by atoms with Crippen molar-refractivity contribution in [2.45, 2.75) is 12.6 Å². The minimum Gasteiger partial charge on any atom is -0.387 e. The summed E-state index contributed by atoms with van der Waals surface area (Å²) in [5.41, 5.74) is 1.23. The molecular formula is C16H17FN2O3. The van der Waals surface area contributed by atoms with Crippen LogP contribution in [0.15, 0.2) is 48.5 Å². The number of non-ortho nitro benzene ring substituents is 1. The number of rotatable bonds is 6. The van der Waals surface area contributed by atoms with Gasteiger partial charge in [-0.1, -0.05) is 24.3 Å². The predicted molar refractivity (Wildman–Crippen MR) is 80.8 cm³/mol. The van der Waals surface area contributed by atoms with E-state index < -0.39 is 11.0 Å². The van der Waals surface area contributed by atoms with E-state index in [9.17, 15) is 19.6 Å². The van der Waals surface area contributed by atoms with Gasteiger partial charge in [-0.15, -0.1) is 0 Å². The molecule has 0 aromatic heterocycles. The number of benzene rings is 2. The molecule has 2 aromatic rings. The molecule has 1 unspecified atom stereocenters. The van der Waals surface area contributed by atoms with Crippen molar-refractivity contribution >= 4 is 5.69 Å². The highest BCUT2D eigenvalue weighted by molar-refractivity contribution is 5.35. The number of halogens is 1. The molecule has 6 heteroatoms. The molecule has 5 nitrogen and oxygen atoms in total. The molecule has 2 rings (SSSR count). The van der Waals surface area contributed by atoms with Crippen LogP contribution in [0.25, 0.3) is 0 Å². The number of aliphatic hydroxyl groups excluding tert-OH is 1. The summed E-state index contributed by atoms with van der Waals surface area (Å²) in [6, 6.07) is 12.2. The van der Waals surface area contributed by atoms with Crippen LogP contribution in [0.4, 0.5) is 10.1 Å². The second kappa shape index (κ2) is 7.11. The first-order valence-corrected chi connectivity index (χ1v) is 6.81. The second-order valence-electron chi connectivity index (χ2n) is 5.19. The van der Waals surface area contributed by atoms with Crippen molar-refractivity contribution in [2.75, 3.05) is 13.6 Å². The minimum atomic E-state index is -0.849. The van der Waals surface area contributed by atoms with Gasteiger partial charge in [0.1, 0.15) is 5.82 Å². The van der Waals surface area contributed by atoms with Crippen molar-refractivity contribution in [1.82, 2.24) is 4.90 Å². The topological polar surface area (TPSA) is 66.6 Å². The molecule has 0 fully saturated rings. The molecule has 0 bridgehead atoms. The summed E-state index contributed by atoms with van der Waals surface area (Å²) in [6.07, 6.45) is -0.849. The number of nitro benzene ring substituents is 1. The summed E-state index contributed by atoms with van der Waals surface area (Å²) < 4.78 is 13.1. The third-order valence-corrected chi connectivity index (χ3v) is 3.29. The molecule has 0 heterocycles. The average molecular weight is 304 g/mol. The largest absolute Gasteiger partial charge is 0.387 e. The highest BCUT2D eigenvalue weighted by Gasteiger charge is 2.14. The lowest BCUT2D eigenvalue weighted by Gasteiger charge is -2.20. The van der Waals surface area contributed by atoms with E-state index in [1.165, 1.54) is 24.3 Å². The van der Waals surface area contributed by atoms with E-state index in [1.807, 2.05) is 4.90 Å². The van der Waals surface area contributed by atoms with Crippen LogP contribution in [-0.2, 0) is 6.54 Å². The molecule has 0 spiro atoms. The van der Waals surface area contributed by atoms with Gasteiger partial charge in [-0.2, -0.15) is 0 Å². The lowest BCUT2D eigenvalue weighted by molar-refractivity contribution is -0.385. The quantitative estimate of drug-likeness (QED) is 0.658. The zero-order chi connectivity index (χ0) is 16.1. The van der Waals surface area contributed by atoms with Gasteiger partial charge in [0.2, 0.25) is 0 Å². The molecule has 0 amide bonds. The number of hydrogen-bond donors (Lipinski definition) is 1. The Morgan fingerprint density at radius 1 is 1.27 bits per heavy atom. The van der Waals surface area contributed by atoms with Gasteiger partial charge in [0.25, 0.3) is 5.69 Å². The molecule has 1 atom stereocenters. The lowest BCUT2D eigenvalue weighted by atomic mass is 10.1. The Kier molecular flexibility index (Phi) is 5.19. The zero-order valence-corrected chi connectivity index (χ0v) is 12.1. The maximum Gasteiger partial charge on any atom is 0.269 e. The Morgan fingerprint density at radius 3 is 2.68 bits per heavy atom. The standard InChI is InChI=1S/C16H17FN2O3/c1-18(10-12-4-2-6-14(17)8-12)11-16(20)13-5-3-7-15(9-13)19(21)22/h2-9,16,20H,10-11H2,1H3. The van der Waals surface area contributed by atoms with Crippen LogP contribution in [0.5, 0.6) is 0 Å². The SMILES string of the molecule is CN(Cc1cccc(F)c1)CC(O)c1cccc([N+](=O)[O-])c1. The highest BCUT2D eigenvalue weighted by Crippen LogP contribution is 2.20. The molecule has 0 saturated heterocycles. The number of likely N-dealkylation sites (N-methyl/N-ethyl adjacent to an activating group) is 1. The van der Waals surface area contributed by atoms with Gasteiger partial charge >= 0.3 is 0 Å². The number of nitrogens with zero attached hydrogens (tertiary/aromatic N) is 2. The van der Waals surface area contributed by atoms with Crippen LogP contribution in [0, 0.1) is 15.9 Å². The van der Waals surface area contributed by atoms with E-state index in [2.05, 4.69) is 0 Å². The molecule has 0 aliphatic heterocycles. The van der Waals surface area contributed by atoms with Crippen molar-refractivity contribution in [2.24, 2.45) is 0 Å². The van der Waals surface area contributed by atoms with E-state index in [1.54, 1.807) is 31.3 Å². The normalized spacial score (nSPS) is 12.4. The molecule has 0 saturated carbocycles. The molecular weight excluding hydrogens is 287 g/mol. The molecule has 1 N–H and O–H groups in total. The predicted octanol–water partition coefficient (Wildman–Crippen LogP) is 2.90. The fraction of sp³-hybridized carbons (Fsp3) is 0.250. The van der Waals surface area contributed by atoms with Crippen molar-refractivity contribution < 1.29 is 14.4 Å². The summed E-state index contributed by atoms with van der Waals surface area (Å²) in [6.45, 7) is 0.765. The van der Waals surface area contributed by atoms with Gasteiger partial charge in [-0.3, -0.25) is 15.0 Å². The number of hydrogen-bond acceptors (Lipinski definition) is 4. The fourth-order valence-corrected chi connectivity index (χ4v) is 2.26. The Balaban J connectivity index is 2.00. The Hall–Kier alpha value is -2.31. The molecule has 22 heavy (non-hydrogen) atoms. The average Bonchev–Trinajstić information content (AvgIpc) is 2.47. The van der Waals surface area contributed by atoms with Gasteiger partial charge < -0.3 is 5.11 Å². The first-order chi connectivity index (χ1) is 10.5. The smallest absolute Gasteiger partial charge is 0.269 e. The maximum absolute atomic E-state index is 13.1. The zero-order valence-electron chi connectivity index (χ0n) is 12.1. The number of nitro groups is 1. The summed E-state index contributed by atoms with van der Waals surface area (Å²) in [5.74, 6) is -0.301. The molecule has 0 radical (unpaired) electrons. The van der Waals surface area contributed by atoms with Gasteiger partial charge in [0, 0.05) is 25.2 Å². The summed E-state index contributed by atoms with van der Waals surface area (Å²) in [4.78, 5) is 12.1. The van der Waals surface area contributed by atoms with E-state index in [4.69, 9.17) is 0 Å². The fourth-order valence-electron chi connectivity index (χ4n) is 2.26. The third kappa shape index (κ3) is 4.34. The van der Waals surface area contributed by atoms with Gasteiger partial charge in [-0.25, -0.2) is 4.39 Å². The van der Waals surface area contributed by atoms with Gasteiger partial charge in [0.15, 0.2) is 0 Å². The van der Waals surface area contributed by atoms with Crippen molar-refractivity contribution in [1.29, 1.82) is 0 Å². The van der Waals surface area contributed by atoms with E-state index in [0.29, 0.717) is 12.1 Å². The Bertz CT molecular complexity index is 663. The van der Waals surface area contributed by atoms with Crippen LogP contribution >= 0.6 is 0 Å². The summed E-state index contributed by atoms with van der Waals surface area (Å²) >= 11 is 0. The maximum atomic E-state index is 13.1. The molecule has 0 aliphatic carbocycles. The van der Waals surface area contributed by atoms with Crippen LogP contribution in [0.1, 0.15) is 17.2 Å². The van der Waals surface area contributed by atoms with Crippen LogP contribution in [0.3, 0.4) is 0 Å². The van der Waals surface area contributed by atoms with Crippen LogP contribution in [0.2, 0.25) is 0 Å². The lowest BCUT2D eigenvalue weighted by Crippen LogP contribution is -2.24. The van der Waals surface area contributed by atoms with Gasteiger partial charge in [-0.05, 0) is 30.3 Å². The van der Waals surface area contributed by atoms with E-state index in [0.717, 1.165) is 5.56 Å². The molecule has 2 aromatic carbocycles. The van der Waals surface area contributed by atoms with Crippen molar-refractivity contribution in [3.63, 3.8) is 0 Å². The summed E-state index contributed by atoms with van der Waals surface area (Å²) in [5, 5.41) is 20.9. The molecule has 0 aliphatic rings. The first-order valence-electron chi connectivity index (χ1n) is 6.81. The van der Waals surface area contributed by atoms with E-state index >= 15 is 0 Å². The van der Waals surface area contributed by atoms with E-state index in [-0.39, 0.29) is 18.0 Å². The minimum absolute atomic E-state index is 0.0515. The molecule has 116 valence electrons. The first kappa shape index (κ1) is 16.1. The number of aliphatic hydroxyl groups is 1. The van der Waals surface area contributed by atoms with Gasteiger partial charge in [0.05, 0.1) is 11.0 Å². The highest BCUT2D eigenvalue weighted by atomic mass is 19.1.